The molecule has 0 aromatic rings. The zero-order valence-corrected chi connectivity index (χ0v) is 21.6. The topological polar surface area (TPSA) is 89.5 Å². The highest BCUT2D eigenvalue weighted by molar-refractivity contribution is 5.91. The summed E-state index contributed by atoms with van der Waals surface area (Å²) in [6.07, 6.45) is 19.2. The van der Waals surface area contributed by atoms with Crippen LogP contribution >= 0.6 is 0 Å². The van der Waals surface area contributed by atoms with Gasteiger partial charge in [-0.25, -0.2) is 9.59 Å². The van der Waals surface area contributed by atoms with E-state index in [1.165, 1.54) is 0 Å². The molecule has 2 fully saturated rings. The van der Waals surface area contributed by atoms with Gasteiger partial charge in [0.15, 0.2) is 0 Å². The van der Waals surface area contributed by atoms with Gasteiger partial charge in [0.05, 0.1) is 23.7 Å². The molecule has 0 radical (unpaired) electrons. The average Bonchev–Trinajstić information content (AvgIpc) is 3.61. The maximum Gasteiger partial charge on any atom is 0.370 e. The van der Waals surface area contributed by atoms with Gasteiger partial charge in [-0.3, -0.25) is 0 Å². The Labute approximate surface area is 214 Å². The number of carbonyl (C=O) groups excluding carboxylic acids is 2. The second kappa shape index (κ2) is 12.3. The second-order valence-corrected chi connectivity index (χ2v) is 10.3. The van der Waals surface area contributed by atoms with Crippen LogP contribution in [0.25, 0.3) is 0 Å². The number of hydrogen-bond donors (Lipinski definition) is 0. The summed E-state index contributed by atoms with van der Waals surface area (Å²) in [5.41, 5.74) is 0. The third-order valence-electron chi connectivity index (χ3n) is 6.92. The fourth-order valence-electron chi connectivity index (χ4n) is 5.27. The van der Waals surface area contributed by atoms with Gasteiger partial charge in [0.25, 0.3) is 0 Å². The fraction of sp³-hybridized carbons (Fsp3) is 0.714. The Hall–Kier alpha value is -2.32. The van der Waals surface area contributed by atoms with Crippen LogP contribution < -0.4 is 0 Å². The first-order valence-corrected chi connectivity index (χ1v) is 13.6. The van der Waals surface area contributed by atoms with E-state index in [2.05, 4.69) is 0 Å². The molecule has 0 aliphatic heterocycles. The van der Waals surface area contributed by atoms with Crippen LogP contribution in [0.1, 0.15) is 104 Å². The van der Waals surface area contributed by atoms with Gasteiger partial charge < -0.3 is 28.4 Å². The van der Waals surface area contributed by atoms with Crippen LogP contribution in [-0.4, -0.2) is 36.1 Å². The normalized spacial score (nSPS) is 24.3. The molecular weight excluding hydrogens is 464 g/mol. The maximum absolute atomic E-state index is 12.7. The van der Waals surface area contributed by atoms with Crippen molar-refractivity contribution in [3.63, 3.8) is 0 Å². The van der Waals surface area contributed by atoms with E-state index in [1.54, 1.807) is 13.8 Å². The van der Waals surface area contributed by atoms with Crippen molar-refractivity contribution in [2.45, 2.75) is 128 Å². The third kappa shape index (κ3) is 8.10. The molecule has 2 unspecified atom stereocenters. The van der Waals surface area contributed by atoms with Gasteiger partial charge in [-0.15, -0.1) is 0 Å². The molecule has 2 saturated carbocycles. The first-order chi connectivity index (χ1) is 17.3. The molecule has 4 aliphatic rings. The monoisotopic (exact) mass is 504 g/mol. The number of hydrogen-bond acceptors (Lipinski definition) is 8. The zero-order valence-electron chi connectivity index (χ0n) is 21.6. The molecule has 36 heavy (non-hydrogen) atoms. The van der Waals surface area contributed by atoms with Gasteiger partial charge in [0.2, 0.25) is 0 Å². The standard InChI is InChI=1S/C28H40O8/c1-27(31-21-11-3-4-12-21,32-22-13-5-6-14-22)35-25(29)19-20-26(30)36-28(2,33-23-15-7-8-16-23)34-24-17-9-10-18-24/h11,15,19-20,22,24H,3-10,12-14,16-18H2,1-2H3/b20-19-. The van der Waals surface area contributed by atoms with E-state index in [0.717, 1.165) is 114 Å². The summed E-state index contributed by atoms with van der Waals surface area (Å²) in [5, 5.41) is 0. The van der Waals surface area contributed by atoms with Crippen molar-refractivity contribution < 1.29 is 38.0 Å². The smallest absolute Gasteiger partial charge is 0.370 e. The number of allylic oxidation sites excluding steroid dienone is 4. The van der Waals surface area contributed by atoms with Crippen molar-refractivity contribution in [3.05, 3.63) is 35.8 Å². The number of esters is 2. The molecule has 0 spiro atoms. The van der Waals surface area contributed by atoms with Crippen LogP contribution in [-0.2, 0) is 38.0 Å². The number of carbonyl (C=O) groups is 2. The van der Waals surface area contributed by atoms with Crippen LogP contribution in [0.15, 0.2) is 35.8 Å². The summed E-state index contributed by atoms with van der Waals surface area (Å²) >= 11 is 0. The largest absolute Gasteiger partial charge is 0.435 e. The SMILES string of the molecule is CC(OC(=O)/C=C\C(=O)OC(C)(OC1=CCCC1)OC1CCCC1)(OC1=CCCC1)OC1CCCC1. The maximum atomic E-state index is 12.7. The molecule has 8 heteroatoms. The minimum atomic E-state index is -1.56. The van der Waals surface area contributed by atoms with Crippen LogP contribution in [0.2, 0.25) is 0 Å². The van der Waals surface area contributed by atoms with Gasteiger partial charge in [-0.1, -0.05) is 25.7 Å². The van der Waals surface area contributed by atoms with Gasteiger partial charge in [-0.2, -0.15) is 0 Å². The zero-order chi connectivity index (χ0) is 25.4. The minimum absolute atomic E-state index is 0.0331. The second-order valence-electron chi connectivity index (χ2n) is 10.3. The molecule has 0 saturated heterocycles. The van der Waals surface area contributed by atoms with E-state index in [-0.39, 0.29) is 12.2 Å². The van der Waals surface area contributed by atoms with Crippen molar-refractivity contribution >= 4 is 11.9 Å². The molecule has 4 aliphatic carbocycles. The summed E-state index contributed by atoms with van der Waals surface area (Å²) in [4.78, 5) is 25.3. The summed E-state index contributed by atoms with van der Waals surface area (Å²) < 4.78 is 35.2. The first kappa shape index (κ1) is 26.7. The van der Waals surface area contributed by atoms with Crippen LogP contribution in [0.3, 0.4) is 0 Å². The van der Waals surface area contributed by atoms with Crippen LogP contribution in [0.4, 0.5) is 0 Å². The number of rotatable bonds is 12. The molecule has 0 amide bonds. The predicted octanol–water partition coefficient (Wildman–Crippen LogP) is 6.06. The van der Waals surface area contributed by atoms with Gasteiger partial charge in [0.1, 0.15) is 0 Å². The van der Waals surface area contributed by atoms with Crippen LogP contribution in [0.5, 0.6) is 0 Å². The lowest BCUT2D eigenvalue weighted by molar-refractivity contribution is -0.352. The molecule has 0 aromatic heterocycles. The van der Waals surface area contributed by atoms with Crippen molar-refractivity contribution in [1.82, 2.24) is 0 Å². The Balaban J connectivity index is 1.35. The molecule has 0 heterocycles. The quantitative estimate of drug-likeness (QED) is 0.180. The van der Waals surface area contributed by atoms with Crippen molar-refractivity contribution in [2.24, 2.45) is 0 Å². The van der Waals surface area contributed by atoms with E-state index in [9.17, 15) is 9.59 Å². The van der Waals surface area contributed by atoms with E-state index in [1.807, 2.05) is 12.2 Å². The lowest BCUT2D eigenvalue weighted by Gasteiger charge is -2.32. The summed E-state index contributed by atoms with van der Waals surface area (Å²) in [6.45, 7) is 3.20. The Bertz CT molecular complexity index is 795. The third-order valence-corrected chi connectivity index (χ3v) is 6.92. The summed E-state index contributed by atoms with van der Waals surface area (Å²) in [7, 11) is 0. The average molecular weight is 505 g/mol. The van der Waals surface area contributed by atoms with Gasteiger partial charge >= 0.3 is 23.9 Å². The lowest BCUT2D eigenvalue weighted by Crippen LogP contribution is -2.40. The molecule has 8 nitrogen and oxygen atoms in total. The molecule has 4 rings (SSSR count). The molecule has 0 bridgehead atoms. The lowest BCUT2D eigenvalue weighted by atomic mass is 10.3. The Kier molecular flexibility index (Phi) is 9.12. The summed E-state index contributed by atoms with van der Waals surface area (Å²) in [6, 6.07) is 0. The highest BCUT2D eigenvalue weighted by Crippen LogP contribution is 2.33. The highest BCUT2D eigenvalue weighted by atomic mass is 16.9. The molecule has 0 aromatic carbocycles. The first-order valence-electron chi connectivity index (χ1n) is 13.6. The minimum Gasteiger partial charge on any atom is -0.435 e. The molecule has 0 N–H and O–H groups in total. The fourth-order valence-corrected chi connectivity index (χ4v) is 5.27. The van der Waals surface area contributed by atoms with Crippen LogP contribution in [0, 0.1) is 0 Å². The van der Waals surface area contributed by atoms with E-state index < -0.39 is 23.9 Å². The predicted molar refractivity (Wildman–Crippen MR) is 131 cm³/mol. The Morgan fingerprint density at radius 1 is 0.694 bits per heavy atom. The van der Waals surface area contributed by atoms with Crippen molar-refractivity contribution in [2.75, 3.05) is 0 Å². The van der Waals surface area contributed by atoms with E-state index in [4.69, 9.17) is 28.4 Å². The van der Waals surface area contributed by atoms with Gasteiger partial charge in [-0.05, 0) is 63.5 Å². The molecular formula is C28H40O8. The van der Waals surface area contributed by atoms with Crippen molar-refractivity contribution in [3.8, 4) is 0 Å². The van der Waals surface area contributed by atoms with E-state index in [0.29, 0.717) is 0 Å². The molecule has 2 atom stereocenters. The highest BCUT2D eigenvalue weighted by Gasteiger charge is 2.39. The van der Waals surface area contributed by atoms with E-state index >= 15 is 0 Å². The number of ether oxygens (including phenoxy) is 6. The van der Waals surface area contributed by atoms with Crippen molar-refractivity contribution in [1.29, 1.82) is 0 Å². The molecule has 200 valence electrons. The summed E-state index contributed by atoms with van der Waals surface area (Å²) in [5.74, 6) is -3.13. The van der Waals surface area contributed by atoms with Gasteiger partial charge in [0, 0.05) is 38.8 Å². The Morgan fingerprint density at radius 2 is 1.08 bits per heavy atom. The Morgan fingerprint density at radius 3 is 1.42 bits per heavy atom.